The van der Waals surface area contributed by atoms with Crippen molar-refractivity contribution < 1.29 is 0 Å². The fourth-order valence-corrected chi connectivity index (χ4v) is 2.75. The minimum absolute atomic E-state index is 0.667. The second-order valence-electron chi connectivity index (χ2n) is 6.13. The lowest BCUT2D eigenvalue weighted by Gasteiger charge is -2.18. The summed E-state index contributed by atoms with van der Waals surface area (Å²) in [6.45, 7) is 16.6. The average Bonchev–Trinajstić information content (AvgIpc) is 2.81. The van der Waals surface area contributed by atoms with E-state index >= 15 is 0 Å². The Morgan fingerprint density at radius 1 is 1.12 bits per heavy atom. The minimum atomic E-state index is 0.667. The first-order valence-electron chi connectivity index (χ1n) is 9.26. The number of aryl methyl sites for hydroxylation is 2. The SMILES string of the molecule is CCNC(=NCc1c(C)nn(C)c1C)NCCCCN(CC)CC. The molecule has 6 nitrogen and oxygen atoms in total. The molecule has 0 spiro atoms. The number of nitrogens with one attached hydrogen (secondary N) is 2. The van der Waals surface area contributed by atoms with E-state index in [2.05, 4.69) is 48.3 Å². The van der Waals surface area contributed by atoms with Gasteiger partial charge in [-0.1, -0.05) is 13.8 Å². The lowest BCUT2D eigenvalue weighted by atomic mass is 10.2. The molecule has 138 valence electrons. The molecular weight excluding hydrogens is 300 g/mol. The van der Waals surface area contributed by atoms with Crippen LogP contribution >= 0.6 is 0 Å². The van der Waals surface area contributed by atoms with Crippen LogP contribution in [0.2, 0.25) is 0 Å². The largest absolute Gasteiger partial charge is 0.357 e. The Labute approximate surface area is 147 Å². The number of nitrogens with zero attached hydrogens (tertiary/aromatic N) is 4. The smallest absolute Gasteiger partial charge is 0.191 e. The molecule has 0 saturated heterocycles. The van der Waals surface area contributed by atoms with Crippen LogP contribution in [0.25, 0.3) is 0 Å². The molecule has 1 aromatic heterocycles. The van der Waals surface area contributed by atoms with Crippen LogP contribution in [0.5, 0.6) is 0 Å². The van der Waals surface area contributed by atoms with Gasteiger partial charge >= 0.3 is 0 Å². The Bertz CT molecular complexity index is 502. The van der Waals surface area contributed by atoms with Crippen molar-refractivity contribution >= 4 is 5.96 Å². The standard InChI is InChI=1S/C18H36N6/c1-7-19-18(20-12-10-11-13-24(8-2)9-3)21-14-17-15(4)22-23(6)16(17)5/h7-14H2,1-6H3,(H2,19,20,21). The monoisotopic (exact) mass is 336 g/mol. The van der Waals surface area contributed by atoms with Crippen molar-refractivity contribution in [2.75, 3.05) is 32.7 Å². The molecule has 0 aliphatic carbocycles. The third-order valence-electron chi connectivity index (χ3n) is 4.49. The van der Waals surface area contributed by atoms with Crippen LogP contribution in [0.3, 0.4) is 0 Å². The summed E-state index contributed by atoms with van der Waals surface area (Å²) in [5.74, 6) is 0.892. The van der Waals surface area contributed by atoms with Gasteiger partial charge in [0.15, 0.2) is 5.96 Å². The molecule has 1 rings (SSSR count). The Hall–Kier alpha value is -1.56. The molecule has 0 aliphatic rings. The number of aliphatic imine (C=N–C) groups is 1. The van der Waals surface area contributed by atoms with Crippen LogP contribution in [0.1, 0.15) is 50.6 Å². The van der Waals surface area contributed by atoms with E-state index in [1.165, 1.54) is 24.2 Å². The van der Waals surface area contributed by atoms with Crippen LogP contribution in [0.15, 0.2) is 4.99 Å². The second-order valence-corrected chi connectivity index (χ2v) is 6.13. The third kappa shape index (κ3) is 6.51. The highest BCUT2D eigenvalue weighted by atomic mass is 15.3. The Morgan fingerprint density at radius 2 is 1.83 bits per heavy atom. The van der Waals surface area contributed by atoms with Gasteiger partial charge in [0.25, 0.3) is 0 Å². The van der Waals surface area contributed by atoms with Gasteiger partial charge < -0.3 is 15.5 Å². The number of hydrogen-bond donors (Lipinski definition) is 2. The molecule has 0 amide bonds. The summed E-state index contributed by atoms with van der Waals surface area (Å²) in [5.41, 5.74) is 3.47. The number of unbranched alkanes of at least 4 members (excludes halogenated alkanes) is 1. The fraction of sp³-hybridized carbons (Fsp3) is 0.778. The van der Waals surface area contributed by atoms with Crippen LogP contribution < -0.4 is 10.6 Å². The summed E-state index contributed by atoms with van der Waals surface area (Å²) >= 11 is 0. The van der Waals surface area contributed by atoms with E-state index < -0.39 is 0 Å². The molecule has 24 heavy (non-hydrogen) atoms. The second kappa shape index (κ2) is 11.1. The molecule has 6 heteroatoms. The van der Waals surface area contributed by atoms with Gasteiger partial charge in [-0.25, -0.2) is 4.99 Å². The first kappa shape index (κ1) is 20.5. The third-order valence-corrected chi connectivity index (χ3v) is 4.49. The molecule has 1 aromatic rings. The first-order chi connectivity index (χ1) is 11.5. The summed E-state index contributed by atoms with van der Waals surface area (Å²) in [6, 6.07) is 0. The van der Waals surface area contributed by atoms with Gasteiger partial charge in [0.1, 0.15) is 0 Å². The van der Waals surface area contributed by atoms with E-state index in [0.717, 1.165) is 44.3 Å². The number of rotatable bonds is 10. The molecule has 0 unspecified atom stereocenters. The maximum Gasteiger partial charge on any atom is 0.191 e. The number of aromatic nitrogens is 2. The summed E-state index contributed by atoms with van der Waals surface area (Å²) in [5, 5.41) is 11.2. The quantitative estimate of drug-likeness (QED) is 0.391. The minimum Gasteiger partial charge on any atom is -0.357 e. The van der Waals surface area contributed by atoms with Crippen LogP contribution in [0.4, 0.5) is 0 Å². The van der Waals surface area contributed by atoms with Gasteiger partial charge in [-0.2, -0.15) is 5.10 Å². The van der Waals surface area contributed by atoms with E-state index in [9.17, 15) is 0 Å². The summed E-state index contributed by atoms with van der Waals surface area (Å²) in [4.78, 5) is 7.18. The average molecular weight is 337 g/mol. The van der Waals surface area contributed by atoms with Gasteiger partial charge in [0.2, 0.25) is 0 Å². The molecule has 0 saturated carbocycles. The Balaban J connectivity index is 2.45. The van der Waals surface area contributed by atoms with E-state index in [-0.39, 0.29) is 0 Å². The molecule has 1 heterocycles. The van der Waals surface area contributed by atoms with Crippen molar-refractivity contribution in [2.45, 2.75) is 54.0 Å². The molecule has 0 bridgehead atoms. The van der Waals surface area contributed by atoms with Crippen LogP contribution in [-0.4, -0.2) is 53.4 Å². The van der Waals surface area contributed by atoms with Gasteiger partial charge in [0, 0.05) is 31.4 Å². The highest BCUT2D eigenvalue weighted by molar-refractivity contribution is 5.79. The van der Waals surface area contributed by atoms with Crippen molar-refractivity contribution in [1.29, 1.82) is 0 Å². The van der Waals surface area contributed by atoms with Crippen LogP contribution in [-0.2, 0) is 13.6 Å². The van der Waals surface area contributed by atoms with Crippen molar-refractivity contribution in [1.82, 2.24) is 25.3 Å². The molecule has 0 atom stereocenters. The number of guanidine groups is 1. The molecule has 0 aliphatic heterocycles. The van der Waals surface area contributed by atoms with Gasteiger partial charge in [0.05, 0.1) is 12.2 Å². The lowest BCUT2D eigenvalue weighted by molar-refractivity contribution is 0.297. The highest BCUT2D eigenvalue weighted by Gasteiger charge is 2.08. The van der Waals surface area contributed by atoms with Crippen molar-refractivity contribution in [3.63, 3.8) is 0 Å². The normalized spacial score (nSPS) is 12.0. The van der Waals surface area contributed by atoms with E-state index in [4.69, 9.17) is 4.99 Å². The maximum absolute atomic E-state index is 4.71. The topological polar surface area (TPSA) is 57.5 Å². The predicted molar refractivity (Wildman–Crippen MR) is 103 cm³/mol. The van der Waals surface area contributed by atoms with Crippen LogP contribution in [0, 0.1) is 13.8 Å². The van der Waals surface area contributed by atoms with Gasteiger partial charge in [-0.3, -0.25) is 4.68 Å². The lowest BCUT2D eigenvalue weighted by Crippen LogP contribution is -2.38. The summed E-state index contributed by atoms with van der Waals surface area (Å²) < 4.78 is 1.92. The number of hydrogen-bond acceptors (Lipinski definition) is 3. The van der Waals surface area contributed by atoms with Crippen molar-refractivity contribution in [2.24, 2.45) is 12.0 Å². The molecule has 2 N–H and O–H groups in total. The molecule has 0 aromatic carbocycles. The van der Waals surface area contributed by atoms with Gasteiger partial charge in [-0.15, -0.1) is 0 Å². The maximum atomic E-state index is 4.71. The molecule has 0 radical (unpaired) electrons. The summed E-state index contributed by atoms with van der Waals surface area (Å²) in [7, 11) is 1.98. The zero-order chi connectivity index (χ0) is 17.9. The summed E-state index contributed by atoms with van der Waals surface area (Å²) in [6.07, 6.45) is 2.38. The van der Waals surface area contributed by atoms with Crippen molar-refractivity contribution in [3.05, 3.63) is 17.0 Å². The Kier molecular flexibility index (Phi) is 9.45. The Morgan fingerprint density at radius 3 is 2.38 bits per heavy atom. The van der Waals surface area contributed by atoms with E-state index in [1.807, 2.05) is 18.7 Å². The van der Waals surface area contributed by atoms with Gasteiger partial charge in [-0.05, 0) is 53.2 Å². The molecule has 0 fully saturated rings. The van der Waals surface area contributed by atoms with Crippen molar-refractivity contribution in [3.8, 4) is 0 Å². The highest BCUT2D eigenvalue weighted by Crippen LogP contribution is 2.12. The fourth-order valence-electron chi connectivity index (χ4n) is 2.75. The predicted octanol–water partition coefficient (Wildman–Crippen LogP) is 2.21. The zero-order valence-electron chi connectivity index (χ0n) is 16.4. The van der Waals surface area contributed by atoms with E-state index in [0.29, 0.717) is 6.54 Å². The zero-order valence-corrected chi connectivity index (χ0v) is 16.4. The first-order valence-corrected chi connectivity index (χ1v) is 9.26. The van der Waals surface area contributed by atoms with E-state index in [1.54, 1.807) is 0 Å². The molecular formula is C18H36N6.